The lowest BCUT2D eigenvalue weighted by Gasteiger charge is -2.46. The number of nitrogens with zero attached hydrogens (tertiary/aromatic N) is 2. The zero-order valence-corrected chi connectivity index (χ0v) is 17.3. The molecule has 0 aliphatic carbocycles. The first kappa shape index (κ1) is 21.0. The molecule has 2 saturated heterocycles. The lowest BCUT2D eigenvalue weighted by molar-refractivity contribution is -0.118. The van der Waals surface area contributed by atoms with Crippen molar-refractivity contribution >= 4 is 16.1 Å². The number of hydrogen-bond acceptors (Lipinski definition) is 5. The molecule has 0 atom stereocenters. The van der Waals surface area contributed by atoms with Gasteiger partial charge in [0.05, 0.1) is 17.1 Å². The Morgan fingerprint density at radius 3 is 2.32 bits per heavy atom. The van der Waals surface area contributed by atoms with Gasteiger partial charge in [-0.3, -0.25) is 0 Å². The molecule has 0 bridgehead atoms. The van der Waals surface area contributed by atoms with Crippen molar-refractivity contribution in [3.05, 3.63) is 30.1 Å². The van der Waals surface area contributed by atoms with Gasteiger partial charge >= 0.3 is 6.09 Å². The molecule has 0 saturated carbocycles. The highest BCUT2D eigenvalue weighted by molar-refractivity contribution is 7.89. The van der Waals surface area contributed by atoms with Gasteiger partial charge in [-0.1, -0.05) is 0 Å². The number of likely N-dealkylation sites (tertiary alicyclic amines) is 1. The van der Waals surface area contributed by atoms with Gasteiger partial charge in [-0.25, -0.2) is 17.6 Å². The minimum atomic E-state index is -3.73. The number of hydrogen-bond donors (Lipinski definition) is 0. The van der Waals surface area contributed by atoms with Gasteiger partial charge < -0.3 is 14.4 Å². The molecule has 1 aromatic carbocycles. The van der Waals surface area contributed by atoms with Crippen LogP contribution in [-0.2, 0) is 19.5 Å². The van der Waals surface area contributed by atoms with Crippen LogP contribution in [0.4, 0.5) is 9.18 Å². The highest BCUT2D eigenvalue weighted by atomic mass is 32.2. The zero-order chi connectivity index (χ0) is 20.6. The van der Waals surface area contributed by atoms with Crippen molar-refractivity contribution in [3.63, 3.8) is 0 Å². The van der Waals surface area contributed by atoms with Gasteiger partial charge in [-0.15, -0.1) is 0 Å². The topological polar surface area (TPSA) is 76.2 Å². The number of amides is 1. The summed E-state index contributed by atoms with van der Waals surface area (Å²) in [6.07, 6.45) is 0.692. The second-order valence-corrected chi connectivity index (χ2v) is 10.2. The van der Waals surface area contributed by atoms with Crippen LogP contribution in [0.1, 0.15) is 33.6 Å². The monoisotopic (exact) mass is 414 g/mol. The van der Waals surface area contributed by atoms with E-state index < -0.39 is 27.0 Å². The Morgan fingerprint density at radius 1 is 1.14 bits per heavy atom. The van der Waals surface area contributed by atoms with E-state index in [1.165, 1.54) is 16.4 Å². The smallest absolute Gasteiger partial charge is 0.410 e. The largest absolute Gasteiger partial charge is 0.444 e. The Bertz CT molecular complexity index is 812. The highest BCUT2D eigenvalue weighted by Gasteiger charge is 2.44. The zero-order valence-electron chi connectivity index (χ0n) is 16.5. The molecule has 156 valence electrons. The number of halogens is 1. The van der Waals surface area contributed by atoms with Crippen LogP contribution in [-0.4, -0.2) is 67.7 Å². The van der Waals surface area contributed by atoms with Crippen LogP contribution in [0, 0.1) is 5.82 Å². The van der Waals surface area contributed by atoms with Gasteiger partial charge in [-0.05, 0) is 57.9 Å². The van der Waals surface area contributed by atoms with Crippen molar-refractivity contribution in [2.24, 2.45) is 0 Å². The van der Waals surface area contributed by atoms with Crippen LogP contribution in [0.15, 0.2) is 29.2 Å². The summed E-state index contributed by atoms with van der Waals surface area (Å²) in [5.41, 5.74) is -1.18. The van der Waals surface area contributed by atoms with Gasteiger partial charge in [0.2, 0.25) is 10.0 Å². The summed E-state index contributed by atoms with van der Waals surface area (Å²) >= 11 is 0. The van der Waals surface area contributed by atoms with Crippen molar-refractivity contribution in [1.29, 1.82) is 0 Å². The van der Waals surface area contributed by atoms with E-state index in [2.05, 4.69) is 0 Å². The number of morpholine rings is 1. The molecule has 7 nitrogen and oxygen atoms in total. The van der Waals surface area contributed by atoms with E-state index in [1.54, 1.807) is 4.90 Å². The average molecular weight is 414 g/mol. The van der Waals surface area contributed by atoms with Crippen LogP contribution in [0.2, 0.25) is 0 Å². The van der Waals surface area contributed by atoms with E-state index >= 15 is 0 Å². The normalized spacial score (nSPS) is 20.9. The maximum absolute atomic E-state index is 13.1. The Morgan fingerprint density at radius 2 is 1.75 bits per heavy atom. The molecule has 1 spiro atoms. The minimum Gasteiger partial charge on any atom is -0.444 e. The predicted octanol–water partition coefficient (Wildman–Crippen LogP) is 2.62. The fraction of sp³-hybridized carbons (Fsp3) is 0.632. The van der Waals surface area contributed by atoms with Gasteiger partial charge in [0, 0.05) is 26.2 Å². The number of rotatable bonds is 2. The molecule has 9 heteroatoms. The third kappa shape index (κ3) is 4.64. The quantitative estimate of drug-likeness (QED) is 0.744. The Kier molecular flexibility index (Phi) is 5.71. The van der Waals surface area contributed by atoms with E-state index in [4.69, 9.17) is 9.47 Å². The summed E-state index contributed by atoms with van der Waals surface area (Å²) in [5, 5.41) is 0. The number of piperidine rings is 1. The molecule has 0 radical (unpaired) electrons. The molecule has 0 unspecified atom stereocenters. The van der Waals surface area contributed by atoms with Gasteiger partial charge in [0.15, 0.2) is 0 Å². The summed E-state index contributed by atoms with van der Waals surface area (Å²) in [7, 11) is -3.73. The fourth-order valence-corrected chi connectivity index (χ4v) is 4.99. The molecule has 0 aromatic heterocycles. The molecular formula is C19H27FN2O5S. The first-order chi connectivity index (χ1) is 13.0. The molecule has 28 heavy (non-hydrogen) atoms. The SMILES string of the molecule is CC(C)(C)OC(=O)N1CCC2(CC1)CN(S(=O)(=O)c1ccc(F)cc1)CCO2. The lowest BCUT2D eigenvalue weighted by atomic mass is 9.90. The standard InChI is InChI=1S/C19H27FN2O5S/c1-18(2,3)27-17(23)21-10-8-19(9-11-21)14-22(12-13-26-19)28(24,25)16-6-4-15(20)5-7-16/h4-7H,8-14H2,1-3H3. The fourth-order valence-electron chi connectivity index (χ4n) is 3.50. The number of carbonyl (C=O) groups is 1. The predicted molar refractivity (Wildman–Crippen MR) is 101 cm³/mol. The maximum atomic E-state index is 13.1. The molecule has 0 N–H and O–H groups in total. The van der Waals surface area contributed by atoms with E-state index in [0.29, 0.717) is 25.9 Å². The molecule has 2 aliphatic rings. The maximum Gasteiger partial charge on any atom is 0.410 e. The Labute approximate surface area is 165 Å². The second-order valence-electron chi connectivity index (χ2n) is 8.29. The first-order valence-corrected chi connectivity index (χ1v) is 10.8. The van der Waals surface area contributed by atoms with Crippen LogP contribution >= 0.6 is 0 Å². The second kappa shape index (κ2) is 7.61. The van der Waals surface area contributed by atoms with Gasteiger partial charge in [0.25, 0.3) is 0 Å². The molecule has 1 amide bonds. The Hall–Kier alpha value is -1.71. The number of benzene rings is 1. The van der Waals surface area contributed by atoms with Crippen molar-refractivity contribution in [2.45, 2.75) is 49.7 Å². The summed E-state index contributed by atoms with van der Waals surface area (Å²) in [6, 6.07) is 4.83. The lowest BCUT2D eigenvalue weighted by Crippen LogP contribution is -2.58. The van der Waals surface area contributed by atoms with E-state index in [0.717, 1.165) is 12.1 Å². The summed E-state index contributed by atoms with van der Waals surface area (Å²) in [6.45, 7) is 7.09. The average Bonchev–Trinajstić information content (AvgIpc) is 2.61. The Balaban J connectivity index is 1.67. The summed E-state index contributed by atoms with van der Waals surface area (Å²) < 4.78 is 51.7. The van der Waals surface area contributed by atoms with Gasteiger partial charge in [-0.2, -0.15) is 4.31 Å². The summed E-state index contributed by atoms with van der Waals surface area (Å²) in [5.74, 6) is -0.480. The van der Waals surface area contributed by atoms with Gasteiger partial charge in [0.1, 0.15) is 11.4 Å². The van der Waals surface area contributed by atoms with Crippen LogP contribution in [0.5, 0.6) is 0 Å². The van der Waals surface area contributed by atoms with Crippen LogP contribution < -0.4 is 0 Å². The van der Waals surface area contributed by atoms with Crippen LogP contribution in [0.3, 0.4) is 0 Å². The molecule has 1 aromatic rings. The minimum absolute atomic E-state index is 0.0668. The number of sulfonamides is 1. The third-order valence-corrected chi connectivity index (χ3v) is 6.85. The molecule has 2 heterocycles. The van der Waals surface area contributed by atoms with Crippen molar-refractivity contribution in [1.82, 2.24) is 9.21 Å². The third-order valence-electron chi connectivity index (χ3n) is 4.99. The molecule has 2 fully saturated rings. The van der Waals surface area contributed by atoms with E-state index in [9.17, 15) is 17.6 Å². The van der Waals surface area contributed by atoms with Crippen molar-refractivity contribution in [3.8, 4) is 0 Å². The van der Waals surface area contributed by atoms with Crippen molar-refractivity contribution in [2.75, 3.05) is 32.8 Å². The number of carbonyl (C=O) groups excluding carboxylic acids is 1. The number of ether oxygens (including phenoxy) is 2. The summed E-state index contributed by atoms with van der Waals surface area (Å²) in [4.78, 5) is 13.9. The molecule has 3 rings (SSSR count). The molecular weight excluding hydrogens is 387 g/mol. The van der Waals surface area contributed by atoms with E-state index in [1.807, 2.05) is 20.8 Å². The van der Waals surface area contributed by atoms with Crippen LogP contribution in [0.25, 0.3) is 0 Å². The molecule has 2 aliphatic heterocycles. The van der Waals surface area contributed by atoms with Crippen molar-refractivity contribution < 1.29 is 27.1 Å². The highest BCUT2D eigenvalue weighted by Crippen LogP contribution is 2.33. The first-order valence-electron chi connectivity index (χ1n) is 9.38. The van der Waals surface area contributed by atoms with E-state index in [-0.39, 0.29) is 30.7 Å².